The Labute approximate surface area is 101 Å². The first-order valence-electron chi connectivity index (χ1n) is 5.45. The Hall–Kier alpha value is -0.340. The zero-order valence-corrected chi connectivity index (χ0v) is 11.2. The molecule has 0 aromatic heterocycles. The van der Waals surface area contributed by atoms with Crippen molar-refractivity contribution < 1.29 is 5.11 Å². The van der Waals surface area contributed by atoms with Crippen LogP contribution in [0, 0.1) is 5.92 Å². The minimum absolute atomic E-state index is 0.273. The Kier molecular flexibility index (Phi) is 4.35. The smallest absolute Gasteiger partial charge is 0.0708 e. The second-order valence-corrected chi connectivity index (χ2v) is 5.23. The van der Waals surface area contributed by atoms with Crippen LogP contribution in [0.4, 0.5) is 0 Å². The van der Waals surface area contributed by atoms with E-state index >= 15 is 0 Å². The number of rotatable bonds is 4. The van der Waals surface area contributed by atoms with Crippen molar-refractivity contribution in [1.82, 2.24) is 0 Å². The van der Waals surface area contributed by atoms with E-state index in [-0.39, 0.29) is 5.92 Å². The molecule has 0 heterocycles. The molecule has 1 N–H and O–H groups in total. The molecule has 1 nitrogen and oxygen atoms in total. The molecule has 0 saturated carbocycles. The average molecular weight is 271 g/mol. The highest BCUT2D eigenvalue weighted by atomic mass is 79.9. The third kappa shape index (κ3) is 3.05. The van der Waals surface area contributed by atoms with Crippen molar-refractivity contribution in [1.29, 1.82) is 0 Å². The zero-order valence-electron chi connectivity index (χ0n) is 9.63. The van der Waals surface area contributed by atoms with Crippen molar-refractivity contribution in [3.63, 3.8) is 0 Å². The SMILES string of the molecule is CCC(O)(Cc1ccccc1Br)C(C)C. The van der Waals surface area contributed by atoms with E-state index in [1.807, 2.05) is 25.1 Å². The van der Waals surface area contributed by atoms with Crippen LogP contribution in [-0.4, -0.2) is 10.7 Å². The van der Waals surface area contributed by atoms with Gasteiger partial charge in [-0.25, -0.2) is 0 Å². The summed E-state index contributed by atoms with van der Waals surface area (Å²) in [5, 5.41) is 10.5. The van der Waals surface area contributed by atoms with Gasteiger partial charge < -0.3 is 5.11 Å². The van der Waals surface area contributed by atoms with Gasteiger partial charge in [0.05, 0.1) is 5.60 Å². The molecule has 0 spiro atoms. The van der Waals surface area contributed by atoms with Crippen molar-refractivity contribution in [3.05, 3.63) is 34.3 Å². The van der Waals surface area contributed by atoms with E-state index in [4.69, 9.17) is 0 Å². The van der Waals surface area contributed by atoms with Gasteiger partial charge in [0.25, 0.3) is 0 Å². The molecule has 1 aromatic rings. The van der Waals surface area contributed by atoms with Crippen LogP contribution in [0.25, 0.3) is 0 Å². The van der Waals surface area contributed by atoms with Gasteiger partial charge in [0.15, 0.2) is 0 Å². The normalized spacial score (nSPS) is 15.3. The molecule has 0 aliphatic rings. The maximum Gasteiger partial charge on any atom is 0.0708 e. The Morgan fingerprint density at radius 2 is 1.93 bits per heavy atom. The van der Waals surface area contributed by atoms with Gasteiger partial charge in [-0.15, -0.1) is 0 Å². The molecule has 1 aromatic carbocycles. The summed E-state index contributed by atoms with van der Waals surface area (Å²) >= 11 is 3.52. The molecule has 0 amide bonds. The van der Waals surface area contributed by atoms with Crippen LogP contribution in [0.2, 0.25) is 0 Å². The lowest BCUT2D eigenvalue weighted by Gasteiger charge is -2.31. The first-order valence-corrected chi connectivity index (χ1v) is 6.24. The minimum atomic E-state index is -0.593. The van der Waals surface area contributed by atoms with E-state index in [9.17, 15) is 5.11 Å². The topological polar surface area (TPSA) is 20.2 Å². The fourth-order valence-corrected chi connectivity index (χ4v) is 2.13. The fraction of sp³-hybridized carbons (Fsp3) is 0.538. The summed E-state index contributed by atoms with van der Waals surface area (Å²) in [6, 6.07) is 8.09. The second kappa shape index (κ2) is 5.13. The fourth-order valence-electron chi connectivity index (χ4n) is 1.71. The maximum absolute atomic E-state index is 10.5. The largest absolute Gasteiger partial charge is 0.389 e. The third-order valence-electron chi connectivity index (χ3n) is 3.14. The summed E-state index contributed by atoms with van der Waals surface area (Å²) in [6.07, 6.45) is 1.49. The maximum atomic E-state index is 10.5. The van der Waals surface area contributed by atoms with Gasteiger partial charge in [0.1, 0.15) is 0 Å². The molecule has 1 unspecified atom stereocenters. The molecule has 0 fully saturated rings. The van der Waals surface area contributed by atoms with Gasteiger partial charge in [0.2, 0.25) is 0 Å². The van der Waals surface area contributed by atoms with Gasteiger partial charge in [-0.05, 0) is 24.0 Å². The lowest BCUT2D eigenvalue weighted by Crippen LogP contribution is -2.36. The van der Waals surface area contributed by atoms with E-state index in [0.29, 0.717) is 6.42 Å². The predicted octanol–water partition coefficient (Wildman–Crippen LogP) is 3.79. The molecule has 0 saturated heterocycles. The van der Waals surface area contributed by atoms with Crippen molar-refractivity contribution in [2.45, 2.75) is 39.2 Å². The molecule has 1 rings (SSSR count). The first-order chi connectivity index (χ1) is 6.99. The number of aliphatic hydroxyl groups is 1. The Bertz CT molecular complexity index is 322. The van der Waals surface area contributed by atoms with Crippen LogP contribution in [0.3, 0.4) is 0 Å². The van der Waals surface area contributed by atoms with Crippen molar-refractivity contribution in [3.8, 4) is 0 Å². The standard InChI is InChI=1S/C13H19BrO/c1-4-13(15,10(2)3)9-11-7-5-6-8-12(11)14/h5-8,10,15H,4,9H2,1-3H3. The predicted molar refractivity (Wildman–Crippen MR) is 67.9 cm³/mol. The lowest BCUT2D eigenvalue weighted by atomic mass is 9.82. The van der Waals surface area contributed by atoms with Crippen LogP contribution in [0.1, 0.15) is 32.8 Å². The molecule has 0 radical (unpaired) electrons. The highest BCUT2D eigenvalue weighted by Gasteiger charge is 2.29. The van der Waals surface area contributed by atoms with Crippen LogP contribution >= 0.6 is 15.9 Å². The summed E-state index contributed by atoms with van der Waals surface area (Å²) in [5.74, 6) is 0.273. The summed E-state index contributed by atoms with van der Waals surface area (Å²) in [7, 11) is 0. The highest BCUT2D eigenvalue weighted by molar-refractivity contribution is 9.10. The van der Waals surface area contributed by atoms with Crippen molar-refractivity contribution in [2.24, 2.45) is 5.92 Å². The van der Waals surface area contributed by atoms with E-state index in [1.165, 1.54) is 5.56 Å². The van der Waals surface area contributed by atoms with Crippen LogP contribution in [0.5, 0.6) is 0 Å². The number of benzene rings is 1. The van der Waals surface area contributed by atoms with Crippen molar-refractivity contribution in [2.75, 3.05) is 0 Å². The minimum Gasteiger partial charge on any atom is -0.389 e. The van der Waals surface area contributed by atoms with Crippen LogP contribution in [-0.2, 0) is 6.42 Å². The Morgan fingerprint density at radius 3 is 2.40 bits per heavy atom. The van der Waals surface area contributed by atoms with Gasteiger partial charge in [0, 0.05) is 10.9 Å². The molecule has 84 valence electrons. The Morgan fingerprint density at radius 1 is 1.33 bits per heavy atom. The van der Waals surface area contributed by atoms with Gasteiger partial charge in [-0.1, -0.05) is 54.9 Å². The lowest BCUT2D eigenvalue weighted by molar-refractivity contribution is -0.00842. The number of hydrogen-bond donors (Lipinski definition) is 1. The molecule has 0 aliphatic heterocycles. The number of halogens is 1. The number of hydrogen-bond acceptors (Lipinski definition) is 1. The second-order valence-electron chi connectivity index (χ2n) is 4.38. The molecule has 0 aliphatic carbocycles. The summed E-state index contributed by atoms with van der Waals surface area (Å²) < 4.78 is 1.08. The average Bonchev–Trinajstić information content (AvgIpc) is 2.21. The van der Waals surface area contributed by atoms with Crippen LogP contribution in [0.15, 0.2) is 28.7 Å². The molecule has 2 heteroatoms. The van der Waals surface area contributed by atoms with Crippen LogP contribution < -0.4 is 0 Å². The quantitative estimate of drug-likeness (QED) is 0.883. The molecule has 0 bridgehead atoms. The molecular weight excluding hydrogens is 252 g/mol. The van der Waals surface area contributed by atoms with E-state index in [0.717, 1.165) is 10.9 Å². The highest BCUT2D eigenvalue weighted by Crippen LogP contribution is 2.28. The molecular formula is C13H19BrO. The summed E-state index contributed by atoms with van der Waals surface area (Å²) in [5.41, 5.74) is 0.583. The summed E-state index contributed by atoms with van der Waals surface area (Å²) in [4.78, 5) is 0. The van der Waals surface area contributed by atoms with Gasteiger partial charge in [-0.2, -0.15) is 0 Å². The Balaban J connectivity index is 2.89. The molecule has 15 heavy (non-hydrogen) atoms. The third-order valence-corrected chi connectivity index (χ3v) is 3.91. The molecule has 1 atom stereocenters. The zero-order chi connectivity index (χ0) is 11.5. The monoisotopic (exact) mass is 270 g/mol. The van der Waals surface area contributed by atoms with E-state index in [1.54, 1.807) is 0 Å². The van der Waals surface area contributed by atoms with Crippen molar-refractivity contribution >= 4 is 15.9 Å². The first kappa shape index (κ1) is 12.7. The van der Waals surface area contributed by atoms with E-state index in [2.05, 4.69) is 35.8 Å². The van der Waals surface area contributed by atoms with E-state index < -0.39 is 5.60 Å². The van der Waals surface area contributed by atoms with Gasteiger partial charge >= 0.3 is 0 Å². The summed E-state index contributed by atoms with van der Waals surface area (Å²) in [6.45, 7) is 6.18. The van der Waals surface area contributed by atoms with Gasteiger partial charge in [-0.3, -0.25) is 0 Å².